The Hall–Kier alpha value is -2.11. The van der Waals surface area contributed by atoms with Crippen molar-refractivity contribution in [3.05, 3.63) is 24.4 Å². The second-order valence-electron chi connectivity index (χ2n) is 2.50. The first-order valence-electron chi connectivity index (χ1n) is 4.00. The highest BCUT2D eigenvalue weighted by Gasteiger charge is 2.18. The summed E-state index contributed by atoms with van der Waals surface area (Å²) in [7, 11) is 0. The maximum atomic E-state index is 7.37. The third-order valence-corrected chi connectivity index (χ3v) is 1.60. The summed E-state index contributed by atoms with van der Waals surface area (Å²) in [6, 6.07) is 0. The second kappa shape index (κ2) is 4.22. The largest absolute Gasteiger partial charge is 0.380 e. The van der Waals surface area contributed by atoms with Crippen molar-refractivity contribution in [3.63, 3.8) is 0 Å². The molecule has 0 bridgehead atoms. The van der Waals surface area contributed by atoms with Crippen LogP contribution < -0.4 is 16.6 Å². The van der Waals surface area contributed by atoms with Crippen LogP contribution in [0.3, 0.4) is 0 Å². The van der Waals surface area contributed by atoms with Gasteiger partial charge in [-0.25, -0.2) is 0 Å². The van der Waals surface area contributed by atoms with E-state index in [0.717, 1.165) is 5.70 Å². The number of nitrogens with two attached hydrogens (primary N) is 1. The molecule has 0 amide bonds. The van der Waals surface area contributed by atoms with E-state index in [-0.39, 0.29) is 11.7 Å². The number of rotatable bonds is 3. The molecule has 0 saturated heterocycles. The second-order valence-corrected chi connectivity index (χ2v) is 2.50. The van der Waals surface area contributed by atoms with Crippen LogP contribution in [0.25, 0.3) is 0 Å². The van der Waals surface area contributed by atoms with Crippen LogP contribution in [0.5, 0.6) is 0 Å². The van der Waals surface area contributed by atoms with Crippen LogP contribution in [0, 0.1) is 5.41 Å². The zero-order valence-corrected chi connectivity index (χ0v) is 7.83. The summed E-state index contributed by atoms with van der Waals surface area (Å²) in [5, 5.41) is 14.9. The minimum Gasteiger partial charge on any atom is -0.380 e. The quantitative estimate of drug-likeness (QED) is 0.370. The Morgan fingerprint density at radius 2 is 2.50 bits per heavy atom. The summed E-state index contributed by atoms with van der Waals surface area (Å²) in [6.07, 6.45) is 3.42. The van der Waals surface area contributed by atoms with Crippen LogP contribution in [-0.4, -0.2) is 17.4 Å². The van der Waals surface area contributed by atoms with E-state index in [4.69, 9.17) is 11.1 Å². The van der Waals surface area contributed by atoms with Crippen molar-refractivity contribution in [1.29, 1.82) is 5.41 Å². The van der Waals surface area contributed by atoms with E-state index in [1.807, 2.05) is 6.92 Å². The fourth-order valence-corrected chi connectivity index (χ4v) is 0.812. The molecule has 1 aliphatic heterocycles. The van der Waals surface area contributed by atoms with Gasteiger partial charge in [0.25, 0.3) is 0 Å². The first-order valence-corrected chi connectivity index (χ1v) is 4.00. The smallest absolute Gasteiger partial charge is 0.175 e. The average molecular weight is 192 g/mol. The van der Waals surface area contributed by atoms with Crippen molar-refractivity contribution in [1.82, 2.24) is 10.9 Å². The van der Waals surface area contributed by atoms with Crippen molar-refractivity contribution in [2.45, 2.75) is 6.92 Å². The highest BCUT2D eigenvalue weighted by molar-refractivity contribution is 6.68. The van der Waals surface area contributed by atoms with E-state index < -0.39 is 0 Å². The van der Waals surface area contributed by atoms with Gasteiger partial charge in [-0.1, -0.05) is 12.7 Å². The van der Waals surface area contributed by atoms with Gasteiger partial charge in [-0.05, 0) is 13.0 Å². The van der Waals surface area contributed by atoms with Crippen LogP contribution in [0.15, 0.2) is 34.6 Å². The Balaban J connectivity index is 2.74. The molecule has 0 fully saturated rings. The molecule has 1 heterocycles. The van der Waals surface area contributed by atoms with E-state index in [2.05, 4.69) is 27.6 Å². The molecule has 1 rings (SSSR count). The minimum absolute atomic E-state index is 0.0783. The molecule has 0 spiro atoms. The maximum absolute atomic E-state index is 7.37. The van der Waals surface area contributed by atoms with Crippen LogP contribution in [0.1, 0.15) is 6.92 Å². The number of amidine groups is 2. The Bertz CT molecular complexity index is 349. The molecular weight excluding hydrogens is 180 g/mol. The third kappa shape index (κ3) is 1.98. The number of hydrogen-bond acceptors (Lipinski definition) is 5. The summed E-state index contributed by atoms with van der Waals surface area (Å²) >= 11 is 0. The van der Waals surface area contributed by atoms with Gasteiger partial charge >= 0.3 is 0 Å². The lowest BCUT2D eigenvalue weighted by atomic mass is 10.3. The molecule has 74 valence electrons. The van der Waals surface area contributed by atoms with E-state index in [1.165, 1.54) is 0 Å². The predicted molar refractivity (Wildman–Crippen MR) is 57.0 cm³/mol. The van der Waals surface area contributed by atoms with Crippen LogP contribution in [0.4, 0.5) is 0 Å². The van der Waals surface area contributed by atoms with Gasteiger partial charge in [0, 0.05) is 0 Å². The van der Waals surface area contributed by atoms with Gasteiger partial charge < -0.3 is 5.73 Å². The lowest BCUT2D eigenvalue weighted by molar-refractivity contribution is 0.919. The number of nitrogens with zero attached hydrogens (tertiary/aromatic N) is 2. The van der Waals surface area contributed by atoms with Crippen molar-refractivity contribution < 1.29 is 0 Å². The van der Waals surface area contributed by atoms with Gasteiger partial charge in [-0.2, -0.15) is 10.2 Å². The van der Waals surface area contributed by atoms with E-state index in [0.29, 0.717) is 5.71 Å². The van der Waals surface area contributed by atoms with Gasteiger partial charge in [0.1, 0.15) is 0 Å². The first kappa shape index (κ1) is 9.97. The monoisotopic (exact) mass is 192 g/mol. The summed E-state index contributed by atoms with van der Waals surface area (Å²) in [5.74, 6) is 0.275. The number of nitrogens with one attached hydrogen (secondary N) is 3. The normalized spacial score (nSPS) is 19.2. The van der Waals surface area contributed by atoms with E-state index >= 15 is 0 Å². The zero-order chi connectivity index (χ0) is 10.6. The van der Waals surface area contributed by atoms with Gasteiger partial charge in [0.05, 0.1) is 5.70 Å². The number of hydrazone groups is 2. The van der Waals surface area contributed by atoms with Crippen molar-refractivity contribution in [2.24, 2.45) is 15.9 Å². The Labute approximate surface area is 81.8 Å². The first-order chi connectivity index (χ1) is 6.69. The van der Waals surface area contributed by atoms with Crippen LogP contribution >= 0.6 is 0 Å². The van der Waals surface area contributed by atoms with Gasteiger partial charge in [-0.15, -0.1) is 0 Å². The molecule has 0 atom stereocenters. The topological polar surface area (TPSA) is 98.6 Å². The summed E-state index contributed by atoms with van der Waals surface area (Å²) in [5.41, 5.74) is 11.6. The van der Waals surface area contributed by atoms with E-state index in [9.17, 15) is 0 Å². The maximum Gasteiger partial charge on any atom is 0.175 e. The molecule has 0 aromatic carbocycles. The molecule has 5 N–H and O–H groups in total. The summed E-state index contributed by atoms with van der Waals surface area (Å²) < 4.78 is 0. The van der Waals surface area contributed by atoms with E-state index in [1.54, 1.807) is 12.2 Å². The van der Waals surface area contributed by atoms with Gasteiger partial charge in [0.15, 0.2) is 17.4 Å². The van der Waals surface area contributed by atoms with Crippen LogP contribution in [-0.2, 0) is 0 Å². The molecule has 0 radical (unpaired) electrons. The SMILES string of the molecule is C=C/C(=C\C)N/N=C1\C(=N)NN=C1N. The highest BCUT2D eigenvalue weighted by Crippen LogP contribution is 1.92. The molecule has 1 aliphatic rings. The van der Waals surface area contributed by atoms with Crippen LogP contribution in [0.2, 0.25) is 0 Å². The molecule has 6 nitrogen and oxygen atoms in total. The predicted octanol–water partition coefficient (Wildman–Crippen LogP) is -0.126. The molecular formula is C8H12N6. The molecule has 0 aromatic heterocycles. The van der Waals surface area contributed by atoms with Gasteiger partial charge in [0.2, 0.25) is 0 Å². The molecule has 6 heteroatoms. The summed E-state index contributed by atoms with van der Waals surface area (Å²) in [4.78, 5) is 0. The van der Waals surface area contributed by atoms with Gasteiger partial charge in [-0.3, -0.25) is 16.3 Å². The molecule has 0 saturated carbocycles. The molecule has 0 aromatic rings. The Kier molecular flexibility index (Phi) is 3.01. The number of hydrogen-bond donors (Lipinski definition) is 4. The summed E-state index contributed by atoms with van der Waals surface area (Å²) in [6.45, 7) is 5.43. The lowest BCUT2D eigenvalue weighted by Gasteiger charge is -2.01. The lowest BCUT2D eigenvalue weighted by Crippen LogP contribution is -2.29. The number of allylic oxidation sites excluding steroid dienone is 2. The highest BCUT2D eigenvalue weighted by atomic mass is 15.4. The zero-order valence-electron chi connectivity index (χ0n) is 7.83. The molecule has 14 heavy (non-hydrogen) atoms. The molecule has 0 aliphatic carbocycles. The van der Waals surface area contributed by atoms with Crippen molar-refractivity contribution in [3.8, 4) is 0 Å². The fourth-order valence-electron chi connectivity index (χ4n) is 0.812. The molecule has 0 unspecified atom stereocenters. The Morgan fingerprint density at radius 1 is 1.79 bits per heavy atom. The minimum atomic E-state index is 0.0783. The van der Waals surface area contributed by atoms with Crippen molar-refractivity contribution >= 4 is 17.4 Å². The van der Waals surface area contributed by atoms with Crippen molar-refractivity contribution in [2.75, 3.05) is 0 Å². The third-order valence-electron chi connectivity index (χ3n) is 1.60. The fraction of sp³-hybridized carbons (Fsp3) is 0.125. The standard InChI is InChI=1S/C8H12N6/c1-3-5(4-2)11-12-6-7(9)13-14-8(6)10/h3-4,11H,1H2,2H3,(H4,9,10,12,13,14)/b5-4+. The Morgan fingerprint density at radius 3 is 2.93 bits per heavy atom. The average Bonchev–Trinajstić information content (AvgIpc) is 2.50.